The molecule has 0 radical (unpaired) electrons. The molecule has 4 rings (SSSR count). The highest BCUT2D eigenvalue weighted by atomic mass is 16.5. The average molecular weight is 418 g/mol. The average Bonchev–Trinajstić information content (AvgIpc) is 3.36. The predicted molar refractivity (Wildman–Crippen MR) is 117 cm³/mol. The molecule has 1 atom stereocenters. The van der Waals surface area contributed by atoms with Crippen molar-refractivity contribution in [2.45, 2.75) is 25.3 Å². The summed E-state index contributed by atoms with van der Waals surface area (Å²) >= 11 is 0. The molecule has 0 spiro atoms. The summed E-state index contributed by atoms with van der Waals surface area (Å²) in [6.07, 6.45) is 3.51. The van der Waals surface area contributed by atoms with Crippen molar-refractivity contribution in [3.63, 3.8) is 0 Å². The second kappa shape index (κ2) is 9.51. The zero-order chi connectivity index (χ0) is 21.6. The zero-order valence-electron chi connectivity index (χ0n) is 17.5. The van der Waals surface area contributed by atoms with Crippen LogP contribution in [0.4, 0.5) is 0 Å². The second-order valence-corrected chi connectivity index (χ2v) is 7.71. The molecule has 1 saturated heterocycles. The Morgan fingerprint density at radius 1 is 1.10 bits per heavy atom. The lowest BCUT2D eigenvalue weighted by Gasteiger charge is -2.33. The SMILES string of the molecule is COc1ccc(C(=O)N2CCC[C@@H](c3cccc(C(=O)NCc4ccco4)c3)C2)cc1. The Morgan fingerprint density at radius 2 is 1.94 bits per heavy atom. The molecule has 1 fully saturated rings. The van der Waals surface area contributed by atoms with Gasteiger partial charge in [0.1, 0.15) is 11.5 Å². The highest BCUT2D eigenvalue weighted by Gasteiger charge is 2.26. The number of benzene rings is 2. The van der Waals surface area contributed by atoms with Crippen molar-refractivity contribution in [2.75, 3.05) is 20.2 Å². The molecule has 0 unspecified atom stereocenters. The van der Waals surface area contributed by atoms with Gasteiger partial charge in [-0.2, -0.15) is 0 Å². The number of amides is 2. The maximum Gasteiger partial charge on any atom is 0.253 e. The van der Waals surface area contributed by atoms with Gasteiger partial charge in [0.15, 0.2) is 0 Å². The minimum atomic E-state index is -0.139. The van der Waals surface area contributed by atoms with Crippen LogP contribution in [-0.2, 0) is 6.54 Å². The minimum absolute atomic E-state index is 0.0275. The molecule has 1 aliphatic heterocycles. The van der Waals surface area contributed by atoms with Gasteiger partial charge in [-0.15, -0.1) is 0 Å². The Kier molecular flexibility index (Phi) is 6.36. The summed E-state index contributed by atoms with van der Waals surface area (Å²) in [6.45, 7) is 1.73. The Hall–Kier alpha value is -3.54. The number of methoxy groups -OCH3 is 1. The molecule has 1 aromatic heterocycles. The molecule has 6 nitrogen and oxygen atoms in total. The number of carbonyl (C=O) groups excluding carboxylic acids is 2. The number of rotatable bonds is 6. The zero-order valence-corrected chi connectivity index (χ0v) is 17.5. The van der Waals surface area contributed by atoms with Gasteiger partial charge in [0.2, 0.25) is 0 Å². The van der Waals surface area contributed by atoms with Crippen molar-refractivity contribution in [1.82, 2.24) is 10.2 Å². The van der Waals surface area contributed by atoms with Crippen molar-refractivity contribution >= 4 is 11.8 Å². The van der Waals surface area contributed by atoms with Gasteiger partial charge >= 0.3 is 0 Å². The van der Waals surface area contributed by atoms with Crippen LogP contribution >= 0.6 is 0 Å². The van der Waals surface area contributed by atoms with E-state index in [-0.39, 0.29) is 17.7 Å². The molecule has 2 heterocycles. The third-order valence-corrected chi connectivity index (χ3v) is 5.67. The van der Waals surface area contributed by atoms with Crippen molar-refractivity contribution < 1.29 is 18.7 Å². The number of furan rings is 1. The standard InChI is InChI=1S/C25H26N2O4/c1-30-22-11-9-18(10-12-22)25(29)27-13-3-7-21(17-27)19-5-2-6-20(15-19)24(28)26-16-23-8-4-14-31-23/h2,4-6,8-12,14-15,21H,3,7,13,16-17H2,1H3,(H,26,28)/t21-/m1/s1. The molecule has 6 heteroatoms. The van der Waals surface area contributed by atoms with E-state index in [2.05, 4.69) is 5.32 Å². The van der Waals surface area contributed by atoms with Crippen molar-refractivity contribution in [3.8, 4) is 5.75 Å². The van der Waals surface area contributed by atoms with Gasteiger partial charge in [0.05, 0.1) is 19.9 Å². The quantitative estimate of drug-likeness (QED) is 0.650. The normalized spacial score (nSPS) is 16.0. The molecular formula is C25H26N2O4. The van der Waals surface area contributed by atoms with E-state index in [0.29, 0.717) is 30.0 Å². The summed E-state index contributed by atoms with van der Waals surface area (Å²) in [5.74, 6) is 1.54. The van der Waals surface area contributed by atoms with Gasteiger partial charge in [-0.3, -0.25) is 9.59 Å². The van der Waals surface area contributed by atoms with E-state index in [4.69, 9.17) is 9.15 Å². The van der Waals surface area contributed by atoms with Gasteiger partial charge in [0, 0.05) is 30.1 Å². The first-order valence-electron chi connectivity index (χ1n) is 10.5. The molecule has 2 aromatic carbocycles. The smallest absolute Gasteiger partial charge is 0.253 e. The molecule has 0 bridgehead atoms. The van der Waals surface area contributed by atoms with E-state index < -0.39 is 0 Å². The first-order chi connectivity index (χ1) is 15.1. The van der Waals surface area contributed by atoms with E-state index >= 15 is 0 Å². The van der Waals surface area contributed by atoms with E-state index in [1.54, 1.807) is 43.7 Å². The van der Waals surface area contributed by atoms with Gasteiger partial charge in [0.25, 0.3) is 11.8 Å². The number of nitrogens with zero attached hydrogens (tertiary/aromatic N) is 1. The van der Waals surface area contributed by atoms with E-state index in [0.717, 1.165) is 30.7 Å². The highest BCUT2D eigenvalue weighted by Crippen LogP contribution is 2.28. The molecule has 3 aromatic rings. The number of nitrogens with one attached hydrogen (secondary N) is 1. The summed E-state index contributed by atoms with van der Waals surface area (Å²) in [4.78, 5) is 27.4. The fourth-order valence-electron chi connectivity index (χ4n) is 3.97. The summed E-state index contributed by atoms with van der Waals surface area (Å²) in [6, 6.07) is 18.5. The van der Waals surface area contributed by atoms with E-state index in [1.807, 2.05) is 35.2 Å². The third kappa shape index (κ3) is 4.97. The number of piperidine rings is 1. The van der Waals surface area contributed by atoms with Crippen LogP contribution in [0.5, 0.6) is 5.75 Å². The summed E-state index contributed by atoms with van der Waals surface area (Å²) in [5, 5.41) is 2.88. The first-order valence-corrected chi connectivity index (χ1v) is 10.5. The van der Waals surface area contributed by atoms with Crippen molar-refractivity contribution in [2.24, 2.45) is 0 Å². The summed E-state index contributed by atoms with van der Waals surface area (Å²) in [7, 11) is 1.61. The largest absolute Gasteiger partial charge is 0.497 e. The second-order valence-electron chi connectivity index (χ2n) is 7.71. The highest BCUT2D eigenvalue weighted by molar-refractivity contribution is 5.95. The lowest BCUT2D eigenvalue weighted by atomic mass is 9.89. The number of likely N-dealkylation sites (tertiary alicyclic amines) is 1. The molecule has 1 N–H and O–H groups in total. The first kappa shape index (κ1) is 20.7. The summed E-state index contributed by atoms with van der Waals surface area (Å²) < 4.78 is 10.4. The van der Waals surface area contributed by atoms with Gasteiger partial charge < -0.3 is 19.4 Å². The van der Waals surface area contributed by atoms with E-state index in [9.17, 15) is 9.59 Å². The molecule has 0 saturated carbocycles. The molecule has 0 aliphatic carbocycles. The molecule has 1 aliphatic rings. The third-order valence-electron chi connectivity index (χ3n) is 5.67. The number of hydrogen-bond donors (Lipinski definition) is 1. The Labute approximate surface area is 181 Å². The monoisotopic (exact) mass is 418 g/mol. The lowest BCUT2D eigenvalue weighted by molar-refractivity contribution is 0.0706. The van der Waals surface area contributed by atoms with Crippen LogP contribution in [-0.4, -0.2) is 36.9 Å². The van der Waals surface area contributed by atoms with E-state index in [1.165, 1.54) is 0 Å². The van der Waals surface area contributed by atoms with Gasteiger partial charge in [-0.25, -0.2) is 0 Å². The molecular weight excluding hydrogens is 392 g/mol. The van der Waals surface area contributed by atoms with Crippen LogP contribution in [0.15, 0.2) is 71.3 Å². The van der Waals surface area contributed by atoms with Crippen LogP contribution in [0.1, 0.15) is 50.8 Å². The summed E-state index contributed by atoms with van der Waals surface area (Å²) in [5.41, 5.74) is 2.35. The van der Waals surface area contributed by atoms with Crippen LogP contribution in [0, 0.1) is 0 Å². The lowest BCUT2D eigenvalue weighted by Crippen LogP contribution is -2.39. The Balaban J connectivity index is 1.42. The maximum atomic E-state index is 13.0. The van der Waals surface area contributed by atoms with Crippen LogP contribution < -0.4 is 10.1 Å². The number of hydrogen-bond acceptors (Lipinski definition) is 4. The maximum absolute atomic E-state index is 13.0. The van der Waals surface area contributed by atoms with Crippen molar-refractivity contribution in [1.29, 1.82) is 0 Å². The fraction of sp³-hybridized carbons (Fsp3) is 0.280. The van der Waals surface area contributed by atoms with Crippen LogP contribution in [0.25, 0.3) is 0 Å². The fourth-order valence-corrected chi connectivity index (χ4v) is 3.97. The van der Waals surface area contributed by atoms with Crippen LogP contribution in [0.3, 0.4) is 0 Å². The van der Waals surface area contributed by atoms with Gasteiger partial charge in [-0.05, 0) is 66.9 Å². The van der Waals surface area contributed by atoms with Crippen LogP contribution in [0.2, 0.25) is 0 Å². The predicted octanol–water partition coefficient (Wildman–Crippen LogP) is 4.24. The molecule has 160 valence electrons. The molecule has 31 heavy (non-hydrogen) atoms. The Bertz CT molecular complexity index is 1030. The minimum Gasteiger partial charge on any atom is -0.497 e. The van der Waals surface area contributed by atoms with Crippen molar-refractivity contribution in [3.05, 3.63) is 89.4 Å². The molecule has 2 amide bonds. The van der Waals surface area contributed by atoms with Gasteiger partial charge in [-0.1, -0.05) is 12.1 Å². The topological polar surface area (TPSA) is 71.8 Å². The number of carbonyl (C=O) groups is 2. The Morgan fingerprint density at radius 3 is 2.68 bits per heavy atom. The number of ether oxygens (including phenoxy) is 1.